The van der Waals surface area contributed by atoms with E-state index in [9.17, 15) is 40.9 Å². The van der Waals surface area contributed by atoms with Crippen LogP contribution in [0.15, 0.2) is 78.1 Å². The van der Waals surface area contributed by atoms with Gasteiger partial charge in [0.25, 0.3) is 0 Å². The van der Waals surface area contributed by atoms with Crippen molar-refractivity contribution in [3.63, 3.8) is 0 Å². The van der Waals surface area contributed by atoms with Gasteiger partial charge in [-0.1, -0.05) is 23.8 Å². The monoisotopic (exact) mass is 528 g/mol. The summed E-state index contributed by atoms with van der Waals surface area (Å²) >= 11 is 0. The van der Waals surface area contributed by atoms with E-state index in [1.807, 2.05) is 6.07 Å². The van der Waals surface area contributed by atoms with Gasteiger partial charge in [0.2, 0.25) is 0 Å². The Morgan fingerprint density at radius 2 is 1.21 bits per heavy atom. The van der Waals surface area contributed by atoms with Gasteiger partial charge in [-0.2, -0.15) is 0 Å². The second kappa shape index (κ2) is 10.2. The highest BCUT2D eigenvalue weighted by Crippen LogP contribution is 2.39. The van der Waals surface area contributed by atoms with Gasteiger partial charge in [0.1, 0.15) is 23.4 Å². The largest absolute Gasteiger partial charge is 0.510 e. The van der Waals surface area contributed by atoms with Gasteiger partial charge in [-0.3, -0.25) is 0 Å². The van der Waals surface area contributed by atoms with E-state index in [1.165, 1.54) is 30.3 Å². The van der Waals surface area contributed by atoms with E-state index in [0.29, 0.717) is 39.6 Å². The first-order chi connectivity index (χ1) is 18.6. The molecule has 8 nitrogen and oxygen atoms in total. The van der Waals surface area contributed by atoms with Crippen molar-refractivity contribution in [3.05, 3.63) is 106 Å². The molecule has 0 unspecified atom stereocenters. The summed E-state index contributed by atoms with van der Waals surface area (Å²) < 4.78 is 0. The normalized spacial score (nSPS) is 15.3. The molecule has 1 atom stereocenters. The Bertz CT molecular complexity index is 1650. The average Bonchev–Trinajstić information content (AvgIpc) is 2.89. The highest BCUT2D eigenvalue weighted by molar-refractivity contribution is 5.91. The third kappa shape index (κ3) is 5.28. The predicted octanol–water partition coefficient (Wildman–Crippen LogP) is 4.93. The quantitative estimate of drug-likeness (QED) is 0.163. The summed E-state index contributed by atoms with van der Waals surface area (Å²) in [6, 6.07) is 14.0. The first-order valence-electron chi connectivity index (χ1n) is 12.4. The summed E-state index contributed by atoms with van der Waals surface area (Å²) in [7, 11) is 0. The van der Waals surface area contributed by atoms with Gasteiger partial charge in [-0.25, -0.2) is 0 Å². The van der Waals surface area contributed by atoms with Gasteiger partial charge in [0, 0.05) is 24.8 Å². The molecule has 0 fully saturated rings. The third-order valence-electron chi connectivity index (χ3n) is 7.06. The molecule has 0 bridgehead atoms. The lowest BCUT2D eigenvalue weighted by Crippen LogP contribution is -2.15. The van der Waals surface area contributed by atoms with E-state index in [-0.39, 0.29) is 59.5 Å². The Kier molecular flexibility index (Phi) is 6.72. The first kappa shape index (κ1) is 25.8. The standard InChI is InChI=1S/C31H28O8/c32-24-4-1-16(10-28(24)36)7-20-13-19-14-21(8-17-2-5-25(33)29(37)11-17)31(39)23(22(19)15-27(20)35)9-18-3-6-26(34)30(38)12-18/h1-6,10,12-15,29,32-39H,7-9,11H2/t29-/m1/s1. The maximum Gasteiger partial charge on any atom is 0.157 e. The number of fused-ring (bicyclic) bond motifs is 1. The molecule has 4 aromatic carbocycles. The molecule has 5 rings (SSSR count). The topological polar surface area (TPSA) is 162 Å². The van der Waals surface area contributed by atoms with Gasteiger partial charge in [0.05, 0.1) is 0 Å². The SMILES string of the molecule is OC1=CC=C(Cc2cc3cc(Cc4ccc(O)c(O)c4)c(O)cc3c(Cc3ccc(O)c(O)c3)c2O)C[C@H]1O. The zero-order valence-electron chi connectivity index (χ0n) is 20.8. The number of hydrogen-bond acceptors (Lipinski definition) is 8. The summed E-state index contributed by atoms with van der Waals surface area (Å²) in [6.45, 7) is 0. The van der Waals surface area contributed by atoms with E-state index in [4.69, 9.17) is 0 Å². The number of aliphatic hydroxyl groups is 2. The second-order valence-corrected chi connectivity index (χ2v) is 9.88. The summed E-state index contributed by atoms with van der Waals surface area (Å²) in [4.78, 5) is 0. The highest BCUT2D eigenvalue weighted by atomic mass is 16.3. The smallest absolute Gasteiger partial charge is 0.157 e. The van der Waals surface area contributed by atoms with Crippen LogP contribution >= 0.6 is 0 Å². The molecule has 0 radical (unpaired) electrons. The molecule has 39 heavy (non-hydrogen) atoms. The van der Waals surface area contributed by atoms with Crippen LogP contribution in [0, 0.1) is 0 Å². The Hall–Kier alpha value is -4.82. The van der Waals surface area contributed by atoms with Gasteiger partial charge in [-0.15, -0.1) is 0 Å². The number of allylic oxidation sites excluding steroid dienone is 2. The van der Waals surface area contributed by atoms with Crippen LogP contribution in [0.3, 0.4) is 0 Å². The molecule has 0 aliphatic heterocycles. The number of phenolic OH excluding ortho intramolecular Hbond substituents is 6. The Balaban J connectivity index is 1.62. The number of phenols is 6. The van der Waals surface area contributed by atoms with E-state index in [0.717, 1.165) is 11.0 Å². The minimum atomic E-state index is -1.02. The average molecular weight is 529 g/mol. The van der Waals surface area contributed by atoms with Crippen molar-refractivity contribution in [2.75, 3.05) is 0 Å². The molecule has 0 heterocycles. The highest BCUT2D eigenvalue weighted by Gasteiger charge is 2.21. The lowest BCUT2D eigenvalue weighted by Gasteiger charge is -2.20. The van der Waals surface area contributed by atoms with Crippen LogP contribution in [-0.4, -0.2) is 47.0 Å². The van der Waals surface area contributed by atoms with Crippen molar-refractivity contribution >= 4 is 10.8 Å². The minimum absolute atomic E-state index is 0.000151. The number of aromatic hydroxyl groups is 6. The van der Waals surface area contributed by atoms with Gasteiger partial charge in [0.15, 0.2) is 23.0 Å². The van der Waals surface area contributed by atoms with Crippen molar-refractivity contribution in [2.45, 2.75) is 31.8 Å². The number of benzene rings is 4. The van der Waals surface area contributed by atoms with Crippen LogP contribution in [0.2, 0.25) is 0 Å². The summed E-state index contributed by atoms with van der Waals surface area (Å²) in [5.74, 6) is -1.18. The van der Waals surface area contributed by atoms with Crippen LogP contribution in [-0.2, 0) is 19.3 Å². The molecular formula is C31H28O8. The van der Waals surface area contributed by atoms with Crippen LogP contribution < -0.4 is 0 Å². The Morgan fingerprint density at radius 3 is 1.82 bits per heavy atom. The molecule has 0 saturated carbocycles. The molecule has 0 spiro atoms. The van der Waals surface area contributed by atoms with E-state index >= 15 is 0 Å². The molecule has 0 aromatic heterocycles. The molecule has 0 saturated heterocycles. The molecular weight excluding hydrogens is 500 g/mol. The maximum absolute atomic E-state index is 11.4. The number of rotatable bonds is 6. The van der Waals surface area contributed by atoms with E-state index in [1.54, 1.807) is 30.3 Å². The van der Waals surface area contributed by atoms with Crippen molar-refractivity contribution < 1.29 is 40.9 Å². The predicted molar refractivity (Wildman–Crippen MR) is 146 cm³/mol. The zero-order chi connectivity index (χ0) is 27.8. The van der Waals surface area contributed by atoms with Gasteiger partial charge >= 0.3 is 0 Å². The van der Waals surface area contributed by atoms with Gasteiger partial charge in [-0.05, 0) is 88.0 Å². The minimum Gasteiger partial charge on any atom is -0.510 e. The van der Waals surface area contributed by atoms with Crippen LogP contribution in [0.1, 0.15) is 34.2 Å². The molecule has 200 valence electrons. The fourth-order valence-corrected chi connectivity index (χ4v) is 4.96. The molecule has 1 aliphatic carbocycles. The molecule has 8 heteroatoms. The lowest BCUT2D eigenvalue weighted by molar-refractivity contribution is 0.150. The summed E-state index contributed by atoms with van der Waals surface area (Å²) in [5.41, 5.74) is 3.76. The Morgan fingerprint density at radius 1 is 0.590 bits per heavy atom. The molecule has 1 aliphatic rings. The molecule has 0 amide bonds. The second-order valence-electron chi connectivity index (χ2n) is 9.88. The van der Waals surface area contributed by atoms with E-state index in [2.05, 4.69) is 0 Å². The number of hydrogen-bond donors (Lipinski definition) is 8. The van der Waals surface area contributed by atoms with Gasteiger partial charge < -0.3 is 40.9 Å². The third-order valence-corrected chi connectivity index (χ3v) is 7.06. The van der Waals surface area contributed by atoms with Crippen LogP contribution in [0.5, 0.6) is 34.5 Å². The summed E-state index contributed by atoms with van der Waals surface area (Å²) in [6.07, 6.45) is 3.11. The van der Waals surface area contributed by atoms with Crippen molar-refractivity contribution in [1.82, 2.24) is 0 Å². The number of aliphatic hydroxyl groups excluding tert-OH is 2. The zero-order valence-corrected chi connectivity index (χ0v) is 20.8. The van der Waals surface area contributed by atoms with Crippen LogP contribution in [0.25, 0.3) is 10.8 Å². The van der Waals surface area contributed by atoms with Crippen LogP contribution in [0.4, 0.5) is 0 Å². The Labute approximate surface area is 223 Å². The van der Waals surface area contributed by atoms with Crippen molar-refractivity contribution in [3.8, 4) is 34.5 Å². The first-order valence-corrected chi connectivity index (χ1v) is 12.4. The fraction of sp³-hybridized carbons (Fsp3) is 0.161. The van der Waals surface area contributed by atoms with E-state index < -0.39 is 6.10 Å². The van der Waals surface area contributed by atoms with Crippen molar-refractivity contribution in [1.29, 1.82) is 0 Å². The summed E-state index contributed by atoms with van der Waals surface area (Å²) in [5, 5.41) is 82.6. The lowest BCUT2D eigenvalue weighted by atomic mass is 9.88. The van der Waals surface area contributed by atoms with Crippen molar-refractivity contribution in [2.24, 2.45) is 0 Å². The fourth-order valence-electron chi connectivity index (χ4n) is 4.96. The molecule has 8 N–H and O–H groups in total. The maximum atomic E-state index is 11.4. The molecule has 4 aromatic rings.